The van der Waals surface area contributed by atoms with Gasteiger partial charge in [-0.25, -0.2) is 5.43 Å². The van der Waals surface area contributed by atoms with Crippen molar-refractivity contribution in [2.24, 2.45) is 10.3 Å². The number of carbonyl (C=O) groups excluding carboxylic acids is 1. The molecule has 2 aromatic carbocycles. The van der Waals surface area contributed by atoms with E-state index in [-0.39, 0.29) is 17.0 Å². The normalized spacial score (nSPS) is 11.6. The highest BCUT2D eigenvalue weighted by atomic mass is 79.9. The Morgan fingerprint density at radius 3 is 2.59 bits per heavy atom. The summed E-state index contributed by atoms with van der Waals surface area (Å²) in [5.74, 6) is -0.744. The molecule has 0 aliphatic carbocycles. The molecular formula is C15H12BrN3O3. The van der Waals surface area contributed by atoms with Gasteiger partial charge in [-0.3, -0.25) is 4.79 Å². The quantitative estimate of drug-likeness (QED) is 0.444. The summed E-state index contributed by atoms with van der Waals surface area (Å²) in [6.07, 6.45) is 1.11. The Bertz CT molecular complexity index is 730. The molecule has 0 heterocycles. The van der Waals surface area contributed by atoms with Crippen LogP contribution in [0.5, 0.6) is 5.75 Å². The molecule has 0 aliphatic rings. The second-order valence-electron chi connectivity index (χ2n) is 4.21. The highest BCUT2D eigenvalue weighted by Gasteiger charge is 2.11. The van der Waals surface area contributed by atoms with Crippen LogP contribution in [-0.4, -0.2) is 28.1 Å². The molecule has 0 fully saturated rings. The van der Waals surface area contributed by atoms with Crippen molar-refractivity contribution in [3.05, 3.63) is 64.1 Å². The van der Waals surface area contributed by atoms with Crippen LogP contribution in [-0.2, 0) is 0 Å². The minimum absolute atomic E-state index is 0.0754. The lowest BCUT2D eigenvalue weighted by atomic mass is 10.1. The molecule has 22 heavy (non-hydrogen) atoms. The fourth-order valence-electron chi connectivity index (χ4n) is 1.69. The van der Waals surface area contributed by atoms with Gasteiger partial charge in [0.05, 0.1) is 11.8 Å². The first-order valence-electron chi connectivity index (χ1n) is 6.21. The summed E-state index contributed by atoms with van der Waals surface area (Å²) in [5.41, 5.74) is 3.33. The number of aromatic hydroxyl groups is 1. The third-order valence-electron chi connectivity index (χ3n) is 2.73. The van der Waals surface area contributed by atoms with E-state index in [1.807, 2.05) is 6.07 Å². The van der Waals surface area contributed by atoms with Gasteiger partial charge in [-0.2, -0.15) is 5.10 Å². The van der Waals surface area contributed by atoms with E-state index in [9.17, 15) is 9.90 Å². The zero-order valence-corrected chi connectivity index (χ0v) is 12.9. The number of amides is 1. The average Bonchev–Trinajstić information content (AvgIpc) is 2.54. The molecule has 2 aromatic rings. The smallest absolute Gasteiger partial charge is 0.275 e. The first kappa shape index (κ1) is 15.7. The second-order valence-corrected chi connectivity index (χ2v) is 5.13. The maximum Gasteiger partial charge on any atom is 0.275 e. The number of hydrogen-bond donors (Lipinski definition) is 3. The Morgan fingerprint density at radius 1 is 1.18 bits per heavy atom. The zero-order chi connectivity index (χ0) is 15.9. The van der Waals surface area contributed by atoms with Crippen molar-refractivity contribution in [1.29, 1.82) is 0 Å². The van der Waals surface area contributed by atoms with Crippen molar-refractivity contribution < 1.29 is 15.1 Å². The number of carbonyl (C=O) groups is 1. The molecule has 2 rings (SSSR count). The SMILES string of the molecule is O=C(N/N=C(\C=N/O)c1ccccc1)c1cc(Br)ccc1O. The van der Waals surface area contributed by atoms with E-state index >= 15 is 0 Å². The molecule has 0 saturated heterocycles. The number of hydrazone groups is 1. The van der Waals surface area contributed by atoms with Crippen LogP contribution in [0.2, 0.25) is 0 Å². The van der Waals surface area contributed by atoms with E-state index in [4.69, 9.17) is 5.21 Å². The van der Waals surface area contributed by atoms with E-state index in [2.05, 4.69) is 31.6 Å². The van der Waals surface area contributed by atoms with Crippen molar-refractivity contribution in [3.63, 3.8) is 0 Å². The lowest BCUT2D eigenvalue weighted by Crippen LogP contribution is -2.20. The average molecular weight is 362 g/mol. The molecule has 6 nitrogen and oxygen atoms in total. The van der Waals surface area contributed by atoms with Crippen molar-refractivity contribution in [2.75, 3.05) is 0 Å². The van der Waals surface area contributed by atoms with Gasteiger partial charge in [0.15, 0.2) is 0 Å². The maximum absolute atomic E-state index is 12.1. The van der Waals surface area contributed by atoms with Crippen molar-refractivity contribution in [1.82, 2.24) is 5.43 Å². The highest BCUT2D eigenvalue weighted by Crippen LogP contribution is 2.21. The van der Waals surface area contributed by atoms with Crippen LogP contribution in [0.4, 0.5) is 0 Å². The van der Waals surface area contributed by atoms with Crippen LogP contribution in [0, 0.1) is 0 Å². The second kappa shape index (κ2) is 7.37. The monoisotopic (exact) mass is 361 g/mol. The van der Waals surface area contributed by atoms with Crippen molar-refractivity contribution in [3.8, 4) is 5.75 Å². The third kappa shape index (κ3) is 3.92. The number of nitrogens with one attached hydrogen (secondary N) is 1. The number of nitrogens with zero attached hydrogens (tertiary/aromatic N) is 2. The number of phenolic OH excluding ortho intramolecular Hbond substituents is 1. The standard InChI is InChI=1S/C15H12BrN3O3/c16-11-6-7-14(20)12(8-11)15(21)19-18-13(9-17-22)10-4-2-1-3-5-10/h1-9,20,22H,(H,19,21)/b17-9-,18-13+. The minimum Gasteiger partial charge on any atom is -0.507 e. The van der Waals surface area contributed by atoms with E-state index in [1.165, 1.54) is 12.1 Å². The van der Waals surface area contributed by atoms with Crippen LogP contribution in [0.25, 0.3) is 0 Å². The summed E-state index contributed by atoms with van der Waals surface area (Å²) in [6, 6.07) is 13.4. The van der Waals surface area contributed by atoms with Gasteiger partial charge in [-0.15, -0.1) is 0 Å². The van der Waals surface area contributed by atoms with Gasteiger partial charge >= 0.3 is 0 Å². The summed E-state index contributed by atoms with van der Waals surface area (Å²) in [7, 11) is 0. The molecule has 1 amide bonds. The molecule has 0 aliphatic heterocycles. The largest absolute Gasteiger partial charge is 0.507 e. The molecule has 7 heteroatoms. The van der Waals surface area contributed by atoms with Gasteiger partial charge in [0.1, 0.15) is 11.5 Å². The molecule has 0 saturated carbocycles. The number of hydrogen-bond acceptors (Lipinski definition) is 5. The Hall–Kier alpha value is -2.67. The number of benzene rings is 2. The lowest BCUT2D eigenvalue weighted by molar-refractivity contribution is 0.0952. The van der Waals surface area contributed by atoms with E-state index in [0.29, 0.717) is 10.0 Å². The molecular weight excluding hydrogens is 350 g/mol. The van der Waals surface area contributed by atoms with Gasteiger partial charge in [-0.05, 0) is 18.2 Å². The number of phenols is 1. The van der Waals surface area contributed by atoms with E-state index in [0.717, 1.165) is 6.21 Å². The molecule has 0 bridgehead atoms. The maximum atomic E-state index is 12.1. The lowest BCUT2D eigenvalue weighted by Gasteiger charge is -2.05. The number of halogens is 1. The molecule has 3 N–H and O–H groups in total. The Labute approximate surface area is 134 Å². The highest BCUT2D eigenvalue weighted by molar-refractivity contribution is 9.10. The van der Waals surface area contributed by atoms with Crippen LogP contribution in [0.15, 0.2) is 63.3 Å². The molecule has 0 atom stereocenters. The summed E-state index contributed by atoms with van der Waals surface area (Å²) in [6.45, 7) is 0. The van der Waals surface area contributed by atoms with Crippen molar-refractivity contribution >= 4 is 33.8 Å². The topological polar surface area (TPSA) is 94.3 Å². The van der Waals surface area contributed by atoms with Crippen LogP contribution in [0.1, 0.15) is 15.9 Å². The summed E-state index contributed by atoms with van der Waals surface area (Å²) >= 11 is 3.23. The fourth-order valence-corrected chi connectivity index (χ4v) is 2.05. The zero-order valence-electron chi connectivity index (χ0n) is 11.3. The third-order valence-corrected chi connectivity index (χ3v) is 3.22. The predicted molar refractivity (Wildman–Crippen MR) is 86.5 cm³/mol. The first-order valence-corrected chi connectivity index (χ1v) is 7.00. The molecule has 0 spiro atoms. The van der Waals surface area contributed by atoms with Crippen molar-refractivity contribution in [2.45, 2.75) is 0 Å². The molecule has 0 aromatic heterocycles. The molecule has 112 valence electrons. The van der Waals surface area contributed by atoms with Crippen LogP contribution >= 0.6 is 15.9 Å². The first-order chi connectivity index (χ1) is 10.6. The fraction of sp³-hybridized carbons (Fsp3) is 0. The van der Waals surface area contributed by atoms with E-state index < -0.39 is 5.91 Å². The van der Waals surface area contributed by atoms with Gasteiger partial charge in [0.2, 0.25) is 0 Å². The number of oxime groups is 1. The molecule has 0 unspecified atom stereocenters. The predicted octanol–water partition coefficient (Wildman–Crippen LogP) is 2.75. The number of rotatable bonds is 4. The Kier molecular flexibility index (Phi) is 5.26. The molecule has 0 radical (unpaired) electrons. The van der Waals surface area contributed by atoms with E-state index in [1.54, 1.807) is 30.3 Å². The van der Waals surface area contributed by atoms with Gasteiger partial charge in [-0.1, -0.05) is 51.4 Å². The minimum atomic E-state index is -0.585. The van der Waals surface area contributed by atoms with Gasteiger partial charge in [0.25, 0.3) is 5.91 Å². The van der Waals surface area contributed by atoms with Gasteiger partial charge < -0.3 is 10.3 Å². The van der Waals surface area contributed by atoms with Crippen LogP contribution < -0.4 is 5.43 Å². The summed E-state index contributed by atoms with van der Waals surface area (Å²) in [4.78, 5) is 12.1. The Morgan fingerprint density at radius 2 is 1.91 bits per heavy atom. The Balaban J connectivity index is 2.24. The summed E-state index contributed by atoms with van der Waals surface area (Å²) in [5, 5.41) is 25.2. The van der Waals surface area contributed by atoms with Crippen LogP contribution in [0.3, 0.4) is 0 Å². The summed E-state index contributed by atoms with van der Waals surface area (Å²) < 4.78 is 0.652. The van der Waals surface area contributed by atoms with Gasteiger partial charge in [0, 0.05) is 10.0 Å².